The Kier molecular flexibility index (Phi) is 5.51. The molecule has 23 heavy (non-hydrogen) atoms. The zero-order valence-corrected chi connectivity index (χ0v) is 13.9. The summed E-state index contributed by atoms with van der Waals surface area (Å²) in [7, 11) is 0. The Morgan fingerprint density at radius 3 is 2.74 bits per heavy atom. The number of benzene rings is 1. The van der Waals surface area contributed by atoms with Gasteiger partial charge < -0.3 is 10.2 Å². The molecule has 5 nitrogen and oxygen atoms in total. The van der Waals surface area contributed by atoms with E-state index < -0.39 is 0 Å². The Morgan fingerprint density at radius 1 is 1.26 bits per heavy atom. The number of hydrogen-bond donors (Lipinski definition) is 3. The molecule has 1 aromatic rings. The Morgan fingerprint density at radius 2 is 2.04 bits per heavy atom. The van der Waals surface area contributed by atoms with Gasteiger partial charge in [0.05, 0.1) is 0 Å². The second-order valence-corrected chi connectivity index (χ2v) is 6.58. The molecule has 0 bridgehead atoms. The van der Waals surface area contributed by atoms with Gasteiger partial charge in [0, 0.05) is 31.4 Å². The van der Waals surface area contributed by atoms with Gasteiger partial charge in [-0.2, -0.15) is 0 Å². The van der Waals surface area contributed by atoms with Gasteiger partial charge in [-0.05, 0) is 50.7 Å². The third kappa shape index (κ3) is 4.45. The van der Waals surface area contributed by atoms with Crippen molar-refractivity contribution in [1.82, 2.24) is 16.2 Å². The minimum Gasteiger partial charge on any atom is -0.372 e. The van der Waals surface area contributed by atoms with Gasteiger partial charge in [-0.1, -0.05) is 18.2 Å². The summed E-state index contributed by atoms with van der Waals surface area (Å²) in [4.78, 5) is 14.5. The van der Waals surface area contributed by atoms with E-state index in [1.165, 1.54) is 18.5 Å². The van der Waals surface area contributed by atoms with Crippen LogP contribution in [0.5, 0.6) is 0 Å². The van der Waals surface area contributed by atoms with Crippen LogP contribution in [0, 0.1) is 5.92 Å². The summed E-state index contributed by atoms with van der Waals surface area (Å²) in [6, 6.07) is 10.8. The number of hydrogen-bond acceptors (Lipinski definition) is 4. The maximum Gasteiger partial charge on any atom is 0.238 e. The van der Waals surface area contributed by atoms with E-state index in [1.54, 1.807) is 0 Å². The predicted octanol–water partition coefficient (Wildman–Crippen LogP) is 1.66. The molecule has 1 aliphatic carbocycles. The second-order valence-electron chi connectivity index (χ2n) is 6.58. The third-order valence-corrected chi connectivity index (χ3v) is 4.85. The average Bonchev–Trinajstić information content (AvgIpc) is 3.32. The summed E-state index contributed by atoms with van der Waals surface area (Å²) >= 11 is 0. The predicted molar refractivity (Wildman–Crippen MR) is 93.1 cm³/mol. The highest BCUT2D eigenvalue weighted by molar-refractivity contribution is 5.82. The lowest BCUT2D eigenvalue weighted by Crippen LogP contribution is -2.44. The smallest absolute Gasteiger partial charge is 0.238 e. The fourth-order valence-corrected chi connectivity index (χ4v) is 3.27. The van der Waals surface area contributed by atoms with E-state index in [0.717, 1.165) is 38.4 Å². The molecule has 1 aliphatic heterocycles. The van der Waals surface area contributed by atoms with Crippen LogP contribution in [0.4, 0.5) is 5.69 Å². The van der Waals surface area contributed by atoms with Crippen LogP contribution >= 0.6 is 0 Å². The summed E-state index contributed by atoms with van der Waals surface area (Å²) in [6.45, 7) is 4.84. The van der Waals surface area contributed by atoms with Crippen LogP contribution in [0.15, 0.2) is 30.3 Å². The second kappa shape index (κ2) is 7.79. The number of carbonyl (C=O) groups is 1. The van der Waals surface area contributed by atoms with Crippen molar-refractivity contribution >= 4 is 11.6 Å². The summed E-state index contributed by atoms with van der Waals surface area (Å²) in [6.07, 6.45) is 4.49. The molecule has 1 heterocycles. The number of rotatable bonds is 8. The Labute approximate surface area is 138 Å². The Balaban J connectivity index is 1.35. The zero-order chi connectivity index (χ0) is 16.1. The summed E-state index contributed by atoms with van der Waals surface area (Å²) in [5, 5.41) is 3.07. The summed E-state index contributed by atoms with van der Waals surface area (Å²) in [5.74, 6) is 0.910. The van der Waals surface area contributed by atoms with Crippen LogP contribution in [-0.4, -0.2) is 37.6 Å². The monoisotopic (exact) mass is 316 g/mol. The lowest BCUT2D eigenvalue weighted by molar-refractivity contribution is -0.122. The van der Waals surface area contributed by atoms with E-state index in [2.05, 4.69) is 52.3 Å². The van der Waals surface area contributed by atoms with Crippen molar-refractivity contribution in [3.05, 3.63) is 30.3 Å². The zero-order valence-electron chi connectivity index (χ0n) is 13.9. The highest BCUT2D eigenvalue weighted by Crippen LogP contribution is 2.35. The molecule has 5 heteroatoms. The number of nitrogens with one attached hydrogen (secondary N) is 3. The molecule has 1 saturated carbocycles. The number of carbonyl (C=O) groups excluding carboxylic acids is 1. The minimum absolute atomic E-state index is 0.0722. The number of nitrogens with zero attached hydrogens (tertiary/aromatic N) is 1. The lowest BCUT2D eigenvalue weighted by Gasteiger charge is -2.23. The topological polar surface area (TPSA) is 56.4 Å². The first-order chi connectivity index (χ1) is 11.3. The first-order valence-electron chi connectivity index (χ1n) is 8.86. The van der Waals surface area contributed by atoms with E-state index in [0.29, 0.717) is 6.04 Å². The van der Waals surface area contributed by atoms with Crippen molar-refractivity contribution in [2.24, 2.45) is 5.92 Å². The van der Waals surface area contributed by atoms with Gasteiger partial charge in [0.15, 0.2) is 0 Å². The molecule has 3 rings (SSSR count). The maximum absolute atomic E-state index is 12.2. The molecule has 3 N–H and O–H groups in total. The fraction of sp³-hybridized carbons (Fsp3) is 0.611. The van der Waals surface area contributed by atoms with Crippen molar-refractivity contribution in [3.63, 3.8) is 0 Å². The van der Waals surface area contributed by atoms with E-state index in [1.807, 2.05) is 6.07 Å². The van der Waals surface area contributed by atoms with Crippen molar-refractivity contribution in [2.75, 3.05) is 24.5 Å². The molecule has 2 fully saturated rings. The molecule has 1 amide bonds. The largest absolute Gasteiger partial charge is 0.372 e. The van der Waals surface area contributed by atoms with Crippen LogP contribution < -0.4 is 21.1 Å². The van der Waals surface area contributed by atoms with Gasteiger partial charge in [-0.3, -0.25) is 10.2 Å². The van der Waals surface area contributed by atoms with Gasteiger partial charge in [-0.15, -0.1) is 0 Å². The first-order valence-corrected chi connectivity index (χ1v) is 8.86. The van der Waals surface area contributed by atoms with Crippen molar-refractivity contribution in [1.29, 1.82) is 0 Å². The highest BCUT2D eigenvalue weighted by Gasteiger charge is 2.38. The molecule has 2 aliphatic rings. The number of amides is 1. The van der Waals surface area contributed by atoms with Crippen LogP contribution in [-0.2, 0) is 4.79 Å². The highest BCUT2D eigenvalue weighted by atomic mass is 16.2. The molecule has 1 aromatic carbocycles. The van der Waals surface area contributed by atoms with E-state index in [4.69, 9.17) is 0 Å². The molecule has 0 aromatic heterocycles. The van der Waals surface area contributed by atoms with Gasteiger partial charge in [-0.25, -0.2) is 5.43 Å². The van der Waals surface area contributed by atoms with Crippen LogP contribution in [0.2, 0.25) is 0 Å². The average molecular weight is 316 g/mol. The SMILES string of the molecule is CCN(CCCNC(=O)C1CC(C2CC2)NN1)c1ccccc1. The summed E-state index contributed by atoms with van der Waals surface area (Å²) < 4.78 is 0. The molecular weight excluding hydrogens is 288 g/mol. The maximum atomic E-state index is 12.2. The van der Waals surface area contributed by atoms with E-state index in [-0.39, 0.29) is 11.9 Å². The molecular formula is C18H28N4O. The van der Waals surface area contributed by atoms with Crippen LogP contribution in [0.25, 0.3) is 0 Å². The van der Waals surface area contributed by atoms with E-state index >= 15 is 0 Å². The van der Waals surface area contributed by atoms with Gasteiger partial charge in [0.1, 0.15) is 6.04 Å². The quantitative estimate of drug-likeness (QED) is 0.639. The van der Waals surface area contributed by atoms with Crippen molar-refractivity contribution in [3.8, 4) is 0 Å². The van der Waals surface area contributed by atoms with E-state index in [9.17, 15) is 4.79 Å². The fourth-order valence-electron chi connectivity index (χ4n) is 3.27. The molecule has 1 saturated heterocycles. The Bertz CT molecular complexity index is 503. The normalized spacial score (nSPS) is 23.7. The van der Waals surface area contributed by atoms with Crippen molar-refractivity contribution < 1.29 is 4.79 Å². The molecule has 126 valence electrons. The third-order valence-electron chi connectivity index (χ3n) is 4.85. The molecule has 0 radical (unpaired) electrons. The van der Waals surface area contributed by atoms with Crippen LogP contribution in [0.3, 0.4) is 0 Å². The number of anilines is 1. The Hall–Kier alpha value is -1.59. The summed E-state index contributed by atoms with van der Waals surface area (Å²) in [5.41, 5.74) is 7.66. The molecule has 2 unspecified atom stereocenters. The van der Waals surface area contributed by atoms with Gasteiger partial charge in [0.2, 0.25) is 5.91 Å². The molecule has 2 atom stereocenters. The van der Waals surface area contributed by atoms with Crippen LogP contribution in [0.1, 0.15) is 32.6 Å². The van der Waals surface area contributed by atoms with Gasteiger partial charge >= 0.3 is 0 Å². The standard InChI is InChI=1S/C18H28N4O/c1-2-22(15-7-4-3-5-8-15)12-6-11-19-18(23)17-13-16(20-21-17)14-9-10-14/h3-5,7-8,14,16-17,20-21H,2,6,9-13H2,1H3,(H,19,23). The molecule has 0 spiro atoms. The van der Waals surface area contributed by atoms with Crippen molar-refractivity contribution in [2.45, 2.75) is 44.7 Å². The lowest BCUT2D eigenvalue weighted by atomic mass is 10.1. The number of hydrazine groups is 1. The van der Waals surface area contributed by atoms with Gasteiger partial charge in [0.25, 0.3) is 0 Å². The minimum atomic E-state index is -0.0722. The number of para-hydroxylation sites is 1. The first kappa shape index (κ1) is 16.3.